The van der Waals surface area contributed by atoms with Gasteiger partial charge in [-0.3, -0.25) is 0 Å². The summed E-state index contributed by atoms with van der Waals surface area (Å²) in [6, 6.07) is 3.83. The second-order valence-electron chi connectivity index (χ2n) is 1.08. The summed E-state index contributed by atoms with van der Waals surface area (Å²) in [6.07, 6.45) is 0. The predicted octanol–water partition coefficient (Wildman–Crippen LogP) is 3.25. The van der Waals surface area contributed by atoms with Gasteiger partial charge in [0.15, 0.2) is 5.38 Å². The van der Waals surface area contributed by atoms with E-state index < -0.39 is 0 Å². The molecule has 0 saturated carbocycles. The average Bonchev–Trinajstić information content (AvgIpc) is 1.91. The van der Waals surface area contributed by atoms with Gasteiger partial charge in [-0.15, -0.1) is 0 Å². The van der Waals surface area contributed by atoms with E-state index in [0.29, 0.717) is 0 Å². The maximum absolute atomic E-state index is 5.63. The monoisotopic (exact) mass is 197 g/mol. The molecule has 1 atom stereocenters. The molecule has 0 spiro atoms. The Morgan fingerprint density at radius 1 is 1.71 bits per heavy atom. The molecule has 0 bridgehead atoms. The Morgan fingerprint density at radius 3 is 2.57 bits per heavy atom. The predicted molar refractivity (Wildman–Crippen MR) is 38.3 cm³/mol. The van der Waals surface area contributed by atoms with Gasteiger partial charge >= 0.3 is 0 Å². The quantitative estimate of drug-likeness (QED) is 0.562. The summed E-state index contributed by atoms with van der Waals surface area (Å²) >= 11 is 8.97. The number of halogens is 2. The number of hydrogen-bond donors (Lipinski definition) is 0. The van der Waals surface area contributed by atoms with E-state index in [9.17, 15) is 0 Å². The van der Waals surface area contributed by atoms with Crippen molar-refractivity contribution in [2.75, 3.05) is 0 Å². The second-order valence-corrected chi connectivity index (χ2v) is 5.09. The Kier molecular flexibility index (Phi) is 1.73. The van der Waals surface area contributed by atoms with Crippen molar-refractivity contribution in [3.05, 3.63) is 21.8 Å². The van der Waals surface area contributed by atoms with Crippen LogP contribution in [0.1, 0.15) is 0 Å². The maximum atomic E-state index is 5.63. The fraction of sp³-hybridized carbons (Fsp3) is 0. The minimum Gasteiger partial charge on any atom is -0.0232 e. The number of hydrogen-bond acceptors (Lipinski definition) is 0. The molecule has 0 fully saturated rings. The lowest BCUT2D eigenvalue weighted by Crippen LogP contribution is -1.34. The molecule has 1 rings (SSSR count). The van der Waals surface area contributed by atoms with Crippen molar-refractivity contribution in [3.8, 4) is 0 Å². The molecule has 0 amide bonds. The summed E-state index contributed by atoms with van der Waals surface area (Å²) in [5.74, 6) is 0. The Morgan fingerprint density at radius 2 is 2.43 bits per heavy atom. The Balaban J connectivity index is 3.12. The Hall–Kier alpha value is 0.470. The SMILES string of the molecule is Clc1ccc[s+]1Br. The third-order valence-electron chi connectivity index (χ3n) is 0.612. The van der Waals surface area contributed by atoms with E-state index in [2.05, 4.69) is 14.8 Å². The van der Waals surface area contributed by atoms with Gasteiger partial charge in [0.05, 0.1) is 8.90 Å². The maximum Gasteiger partial charge on any atom is 0.269 e. The van der Waals surface area contributed by atoms with Gasteiger partial charge in [-0.25, -0.2) is 0 Å². The van der Waals surface area contributed by atoms with Gasteiger partial charge in [-0.05, 0) is 17.7 Å². The van der Waals surface area contributed by atoms with Crippen LogP contribution >= 0.6 is 35.3 Å². The van der Waals surface area contributed by atoms with E-state index in [0.717, 1.165) is 4.34 Å². The van der Waals surface area contributed by atoms with Crippen molar-refractivity contribution in [2.45, 2.75) is 0 Å². The molecule has 1 aromatic rings. The van der Waals surface area contributed by atoms with Gasteiger partial charge in [0.2, 0.25) is 0 Å². The molecule has 0 aliphatic heterocycles. The van der Waals surface area contributed by atoms with Crippen LogP contribution in [0.5, 0.6) is 0 Å². The average molecular weight is 198 g/mol. The van der Waals surface area contributed by atoms with Gasteiger partial charge < -0.3 is 0 Å². The van der Waals surface area contributed by atoms with Gasteiger partial charge in [-0.1, -0.05) is 0 Å². The lowest BCUT2D eigenvalue weighted by molar-refractivity contribution is 2.02. The molecule has 0 saturated heterocycles. The minimum absolute atomic E-state index is 0.0409. The van der Waals surface area contributed by atoms with Crippen LogP contribution in [0.25, 0.3) is 0 Å². The van der Waals surface area contributed by atoms with Crippen LogP contribution < -0.4 is 0 Å². The molecule has 0 aliphatic rings. The topological polar surface area (TPSA) is 0 Å². The summed E-state index contributed by atoms with van der Waals surface area (Å²) in [4.78, 5) is 0. The number of thiophene rings is 1. The molecule has 0 radical (unpaired) electrons. The molecule has 0 aromatic carbocycles. The van der Waals surface area contributed by atoms with Crippen LogP contribution in [0, 0.1) is 0 Å². The first-order chi connectivity index (χ1) is 3.30. The molecule has 1 unspecified atom stereocenters. The van der Waals surface area contributed by atoms with Crippen LogP contribution in [0.2, 0.25) is 4.34 Å². The molecule has 38 valence electrons. The largest absolute Gasteiger partial charge is 0.269 e. The molecule has 7 heavy (non-hydrogen) atoms. The van der Waals surface area contributed by atoms with Crippen molar-refractivity contribution in [1.82, 2.24) is 0 Å². The lowest BCUT2D eigenvalue weighted by Gasteiger charge is -1.62. The first kappa shape index (κ1) is 5.60. The van der Waals surface area contributed by atoms with E-state index in [4.69, 9.17) is 11.6 Å². The zero-order valence-electron chi connectivity index (χ0n) is 3.40. The first-order valence-corrected chi connectivity index (χ1v) is 5.25. The van der Waals surface area contributed by atoms with E-state index in [1.54, 1.807) is 0 Å². The van der Waals surface area contributed by atoms with Crippen LogP contribution in [-0.2, 0) is 0 Å². The zero-order chi connectivity index (χ0) is 5.28. The van der Waals surface area contributed by atoms with E-state index in [1.807, 2.05) is 17.5 Å². The fourth-order valence-corrected chi connectivity index (χ4v) is 1.79. The summed E-state index contributed by atoms with van der Waals surface area (Å²) in [5, 5.41) is 2.02. The highest BCUT2D eigenvalue weighted by molar-refractivity contribution is 9.34. The van der Waals surface area contributed by atoms with Crippen LogP contribution in [0.15, 0.2) is 17.5 Å². The summed E-state index contributed by atoms with van der Waals surface area (Å²) in [5.41, 5.74) is 0. The third kappa shape index (κ3) is 1.18. The summed E-state index contributed by atoms with van der Waals surface area (Å²) in [6.45, 7) is 0. The normalized spacial score (nSPS) is 12.0. The van der Waals surface area contributed by atoms with E-state index in [-0.39, 0.29) is 8.90 Å². The van der Waals surface area contributed by atoms with Gasteiger partial charge in [0.25, 0.3) is 19.1 Å². The second kappa shape index (κ2) is 2.16. The molecule has 0 N–H and O–H groups in total. The van der Waals surface area contributed by atoms with Crippen molar-refractivity contribution < 1.29 is 0 Å². The molecule has 1 heterocycles. The van der Waals surface area contributed by atoms with E-state index >= 15 is 0 Å². The molecule has 3 heteroatoms. The zero-order valence-corrected chi connectivity index (χ0v) is 6.55. The van der Waals surface area contributed by atoms with Crippen molar-refractivity contribution in [1.29, 1.82) is 0 Å². The van der Waals surface area contributed by atoms with Gasteiger partial charge in [0, 0.05) is 6.07 Å². The van der Waals surface area contributed by atoms with Crippen molar-refractivity contribution >= 4 is 35.3 Å². The third-order valence-corrected chi connectivity index (χ3v) is 4.39. The number of rotatable bonds is 0. The molecule has 1 aromatic heterocycles. The Bertz CT molecular complexity index is 144. The standard InChI is InChI=1S/C4H3BrClS/c5-7-3-1-2-4(7)6/h1-3H/q+1. The molecular formula is C4H3BrClS+. The molecule has 0 aliphatic carbocycles. The van der Waals surface area contributed by atoms with Crippen molar-refractivity contribution in [3.63, 3.8) is 0 Å². The highest BCUT2D eigenvalue weighted by Crippen LogP contribution is 2.34. The van der Waals surface area contributed by atoms with Crippen LogP contribution in [0.3, 0.4) is 0 Å². The van der Waals surface area contributed by atoms with E-state index in [1.165, 1.54) is 0 Å². The smallest absolute Gasteiger partial charge is 0.0232 e. The Labute approximate surface area is 57.3 Å². The summed E-state index contributed by atoms with van der Waals surface area (Å²) in [7, 11) is 0.0409. The van der Waals surface area contributed by atoms with Crippen molar-refractivity contribution in [2.24, 2.45) is 0 Å². The van der Waals surface area contributed by atoms with Gasteiger partial charge in [0.1, 0.15) is 0 Å². The molecule has 0 nitrogen and oxygen atoms in total. The first-order valence-electron chi connectivity index (χ1n) is 1.74. The highest BCUT2D eigenvalue weighted by Gasteiger charge is 2.03. The molecular weight excluding hydrogens is 195 g/mol. The van der Waals surface area contributed by atoms with Crippen LogP contribution in [0.4, 0.5) is 0 Å². The summed E-state index contributed by atoms with van der Waals surface area (Å²) < 4.78 is 0.889. The lowest BCUT2D eigenvalue weighted by atomic mass is 10.7. The fourth-order valence-electron chi connectivity index (χ4n) is 0.314. The van der Waals surface area contributed by atoms with Crippen LogP contribution in [-0.4, -0.2) is 0 Å². The highest BCUT2D eigenvalue weighted by atomic mass is 79.9. The van der Waals surface area contributed by atoms with Gasteiger partial charge in [-0.2, -0.15) is 0 Å². The minimum atomic E-state index is 0.0409.